The third kappa shape index (κ3) is 3.34. The number of carbonyl (C=O) groups excluding carboxylic acids is 1. The molecule has 0 saturated heterocycles. The van der Waals surface area contributed by atoms with Crippen LogP contribution < -0.4 is 0 Å². The summed E-state index contributed by atoms with van der Waals surface area (Å²) in [6.45, 7) is 4.49. The highest BCUT2D eigenvalue weighted by molar-refractivity contribution is 9.10. The van der Waals surface area contributed by atoms with Crippen LogP contribution in [-0.4, -0.2) is 35.3 Å². The van der Waals surface area contributed by atoms with E-state index in [9.17, 15) is 4.79 Å². The molecule has 0 aromatic carbocycles. The normalized spacial score (nSPS) is 9.69. The second-order valence-corrected chi connectivity index (χ2v) is 4.29. The first-order chi connectivity index (χ1) is 7.54. The third-order valence-electron chi connectivity index (χ3n) is 2.21. The molecule has 0 unspecified atom stereocenters. The van der Waals surface area contributed by atoms with Crippen molar-refractivity contribution >= 4 is 22.3 Å². The van der Waals surface area contributed by atoms with E-state index in [-0.39, 0.29) is 0 Å². The first-order valence-electron chi connectivity index (χ1n) is 4.73. The summed E-state index contributed by atoms with van der Waals surface area (Å²) < 4.78 is 0.808. The van der Waals surface area contributed by atoms with Crippen molar-refractivity contribution in [2.24, 2.45) is 0 Å². The third-order valence-corrected chi connectivity index (χ3v) is 2.68. The maximum absolute atomic E-state index is 10.6. The molecular formula is C11H14BrN3O. The molecule has 1 amide bonds. The number of pyridine rings is 1. The maximum atomic E-state index is 10.6. The summed E-state index contributed by atoms with van der Waals surface area (Å²) in [4.78, 5) is 18.0. The number of hydrogen-bond donors (Lipinski definition) is 0. The van der Waals surface area contributed by atoms with Crippen LogP contribution in [0.3, 0.4) is 0 Å². The van der Waals surface area contributed by atoms with Gasteiger partial charge in [-0.15, -0.1) is 0 Å². The molecule has 0 N–H and O–H groups in total. The van der Waals surface area contributed by atoms with Gasteiger partial charge >= 0.3 is 0 Å². The number of amides is 1. The Morgan fingerprint density at radius 3 is 2.75 bits per heavy atom. The van der Waals surface area contributed by atoms with Crippen LogP contribution in [0.1, 0.15) is 5.56 Å². The predicted octanol–water partition coefficient (Wildman–Crippen LogP) is 1.84. The number of rotatable bonds is 5. The van der Waals surface area contributed by atoms with E-state index in [4.69, 9.17) is 0 Å². The number of aromatic nitrogens is 1. The molecule has 0 fully saturated rings. The Balaban J connectivity index is 2.64. The van der Waals surface area contributed by atoms with E-state index >= 15 is 0 Å². The number of hydrogen-bond acceptors (Lipinski definition) is 3. The van der Waals surface area contributed by atoms with Gasteiger partial charge < -0.3 is 9.80 Å². The Kier molecular flexibility index (Phi) is 4.49. The van der Waals surface area contributed by atoms with E-state index in [0.29, 0.717) is 12.4 Å². The Morgan fingerprint density at radius 1 is 1.56 bits per heavy atom. The summed E-state index contributed by atoms with van der Waals surface area (Å²) in [5.74, 6) is 0.651. The van der Waals surface area contributed by atoms with Crippen LogP contribution in [0, 0.1) is 0 Å². The lowest BCUT2D eigenvalue weighted by atomic mass is 10.3. The molecule has 86 valence electrons. The van der Waals surface area contributed by atoms with E-state index in [0.717, 1.165) is 16.6 Å². The van der Waals surface area contributed by atoms with Crippen molar-refractivity contribution in [3.63, 3.8) is 0 Å². The molecule has 1 aromatic rings. The molecule has 0 aliphatic heterocycles. The minimum absolute atomic E-state index is 0.651. The molecule has 4 nitrogen and oxygen atoms in total. The first-order valence-corrected chi connectivity index (χ1v) is 5.52. The molecule has 0 aliphatic rings. The van der Waals surface area contributed by atoms with Gasteiger partial charge in [-0.3, -0.25) is 4.79 Å². The average molecular weight is 284 g/mol. The van der Waals surface area contributed by atoms with E-state index in [1.807, 2.05) is 24.1 Å². The van der Waals surface area contributed by atoms with Gasteiger partial charge in [-0.2, -0.15) is 0 Å². The first kappa shape index (κ1) is 12.7. The minimum Gasteiger partial charge on any atom is -0.357 e. The van der Waals surface area contributed by atoms with Crippen LogP contribution >= 0.6 is 15.9 Å². The van der Waals surface area contributed by atoms with Gasteiger partial charge in [0.25, 0.3) is 0 Å². The number of carbonyl (C=O) groups is 1. The molecule has 0 atom stereocenters. The Labute approximate surface area is 104 Å². The Morgan fingerprint density at radius 2 is 2.25 bits per heavy atom. The number of halogens is 1. The van der Waals surface area contributed by atoms with Gasteiger partial charge in [-0.05, 0) is 27.6 Å². The van der Waals surface area contributed by atoms with Crippen LogP contribution in [-0.2, 0) is 11.3 Å². The van der Waals surface area contributed by atoms with Crippen molar-refractivity contribution in [3.05, 3.63) is 40.9 Å². The lowest BCUT2D eigenvalue weighted by Crippen LogP contribution is -2.28. The topological polar surface area (TPSA) is 36.4 Å². The van der Waals surface area contributed by atoms with Gasteiger partial charge in [0.2, 0.25) is 6.41 Å². The fourth-order valence-electron chi connectivity index (χ4n) is 1.20. The zero-order valence-corrected chi connectivity index (χ0v) is 10.9. The number of nitrogens with zero attached hydrogens (tertiary/aromatic N) is 3. The second kappa shape index (κ2) is 5.65. The van der Waals surface area contributed by atoms with Crippen molar-refractivity contribution in [2.45, 2.75) is 6.54 Å². The fraction of sp³-hybridized carbons (Fsp3) is 0.273. The maximum Gasteiger partial charge on any atom is 0.214 e. The van der Waals surface area contributed by atoms with Crippen molar-refractivity contribution in [1.82, 2.24) is 14.8 Å². The smallest absolute Gasteiger partial charge is 0.214 e. The summed E-state index contributed by atoms with van der Waals surface area (Å²) in [5.41, 5.74) is 1.06. The molecule has 0 spiro atoms. The Bertz CT molecular complexity index is 377. The predicted molar refractivity (Wildman–Crippen MR) is 66.4 cm³/mol. The van der Waals surface area contributed by atoms with Gasteiger partial charge in [0.1, 0.15) is 10.4 Å². The van der Waals surface area contributed by atoms with E-state index < -0.39 is 0 Å². The monoisotopic (exact) mass is 283 g/mol. The molecule has 1 heterocycles. The molecule has 0 radical (unpaired) electrons. The highest BCUT2D eigenvalue weighted by atomic mass is 79.9. The second-order valence-electron chi connectivity index (χ2n) is 3.48. The lowest BCUT2D eigenvalue weighted by Gasteiger charge is -2.25. The van der Waals surface area contributed by atoms with Crippen LogP contribution in [0.15, 0.2) is 35.3 Å². The van der Waals surface area contributed by atoms with Crippen molar-refractivity contribution in [2.75, 3.05) is 14.1 Å². The summed E-state index contributed by atoms with van der Waals surface area (Å²) in [5, 5.41) is 0. The summed E-state index contributed by atoms with van der Waals surface area (Å²) in [7, 11) is 3.55. The minimum atomic E-state index is 0.651. The van der Waals surface area contributed by atoms with Crippen LogP contribution in [0.2, 0.25) is 0 Å². The highest BCUT2D eigenvalue weighted by Gasteiger charge is 2.07. The van der Waals surface area contributed by atoms with Gasteiger partial charge in [0.15, 0.2) is 0 Å². The van der Waals surface area contributed by atoms with Crippen LogP contribution in [0.4, 0.5) is 0 Å². The van der Waals surface area contributed by atoms with Gasteiger partial charge in [-0.1, -0.05) is 12.6 Å². The molecular weight excluding hydrogens is 270 g/mol. The van der Waals surface area contributed by atoms with E-state index in [1.165, 1.54) is 4.90 Å². The summed E-state index contributed by atoms with van der Waals surface area (Å²) in [6.07, 6.45) is 2.52. The van der Waals surface area contributed by atoms with Crippen molar-refractivity contribution < 1.29 is 4.79 Å². The summed E-state index contributed by atoms with van der Waals surface area (Å²) in [6, 6.07) is 3.86. The van der Waals surface area contributed by atoms with Crippen molar-refractivity contribution in [3.8, 4) is 0 Å². The van der Waals surface area contributed by atoms with Crippen LogP contribution in [0.5, 0.6) is 0 Å². The molecule has 1 rings (SSSR count). The summed E-state index contributed by atoms with van der Waals surface area (Å²) >= 11 is 3.28. The average Bonchev–Trinajstić information content (AvgIpc) is 2.30. The van der Waals surface area contributed by atoms with Crippen LogP contribution in [0.25, 0.3) is 0 Å². The zero-order chi connectivity index (χ0) is 12.1. The Hall–Kier alpha value is -1.36. The SMILES string of the molecule is C=C(N(C)C=O)N(C)Cc1ccc(Br)nc1. The standard InChI is InChI=1S/C11H14BrN3O/c1-9(15(3)8-16)14(2)7-10-4-5-11(12)13-6-10/h4-6,8H,1,7H2,2-3H3. The highest BCUT2D eigenvalue weighted by Crippen LogP contribution is 2.11. The lowest BCUT2D eigenvalue weighted by molar-refractivity contribution is -0.116. The molecule has 0 aliphatic carbocycles. The zero-order valence-electron chi connectivity index (χ0n) is 9.35. The molecule has 16 heavy (non-hydrogen) atoms. The quantitative estimate of drug-likeness (QED) is 0.611. The molecule has 1 aromatic heterocycles. The molecule has 5 heteroatoms. The molecule has 0 bridgehead atoms. The van der Waals surface area contributed by atoms with Gasteiger partial charge in [0.05, 0.1) is 0 Å². The fourth-order valence-corrected chi connectivity index (χ4v) is 1.43. The van der Waals surface area contributed by atoms with Crippen molar-refractivity contribution in [1.29, 1.82) is 0 Å². The van der Waals surface area contributed by atoms with E-state index in [1.54, 1.807) is 13.2 Å². The van der Waals surface area contributed by atoms with Gasteiger partial charge in [-0.25, -0.2) is 4.98 Å². The molecule has 0 saturated carbocycles. The van der Waals surface area contributed by atoms with E-state index in [2.05, 4.69) is 27.5 Å². The van der Waals surface area contributed by atoms with Gasteiger partial charge in [0, 0.05) is 26.8 Å². The largest absolute Gasteiger partial charge is 0.357 e.